The van der Waals surface area contributed by atoms with Gasteiger partial charge in [-0.3, -0.25) is 9.59 Å². The number of benzene rings is 2. The van der Waals surface area contributed by atoms with Crippen LogP contribution in [0.25, 0.3) is 0 Å². The van der Waals surface area contributed by atoms with Crippen LogP contribution in [0.5, 0.6) is 5.75 Å². The summed E-state index contributed by atoms with van der Waals surface area (Å²) in [5.74, 6) is 0.671. The van der Waals surface area contributed by atoms with Gasteiger partial charge in [-0.05, 0) is 63.1 Å². The molecular weight excluding hydrogens is 340 g/mol. The van der Waals surface area contributed by atoms with Crippen LogP contribution >= 0.6 is 0 Å². The summed E-state index contributed by atoms with van der Waals surface area (Å²) in [5, 5.41) is 2.87. The van der Waals surface area contributed by atoms with Crippen LogP contribution in [0.15, 0.2) is 54.6 Å². The molecule has 3 rings (SSSR count). The number of ether oxygens (including phenoxy) is 1. The second kappa shape index (κ2) is 8.71. The van der Waals surface area contributed by atoms with Gasteiger partial charge < -0.3 is 15.0 Å². The quantitative estimate of drug-likeness (QED) is 0.851. The molecular formula is C22H26N2O3. The molecule has 0 radical (unpaired) electrons. The maximum Gasteiger partial charge on any atom is 0.254 e. The number of rotatable bonds is 6. The summed E-state index contributed by atoms with van der Waals surface area (Å²) in [5.41, 5.74) is 1.32. The molecule has 0 saturated carbocycles. The second-order valence-corrected chi connectivity index (χ2v) is 7.12. The van der Waals surface area contributed by atoms with E-state index in [1.165, 1.54) is 0 Å². The van der Waals surface area contributed by atoms with Crippen LogP contribution in [0, 0.1) is 0 Å². The lowest BCUT2D eigenvalue weighted by Crippen LogP contribution is -2.39. The van der Waals surface area contributed by atoms with Crippen molar-refractivity contribution in [3.05, 3.63) is 65.7 Å². The van der Waals surface area contributed by atoms with Crippen molar-refractivity contribution in [1.82, 2.24) is 10.2 Å². The summed E-state index contributed by atoms with van der Waals surface area (Å²) in [6.45, 7) is 5.07. The van der Waals surface area contributed by atoms with Crippen LogP contribution in [0.2, 0.25) is 0 Å². The zero-order valence-electron chi connectivity index (χ0n) is 15.9. The number of carbonyl (C=O) groups excluding carboxylic acids is 2. The number of hydrogen-bond donors (Lipinski definition) is 1. The van der Waals surface area contributed by atoms with E-state index >= 15 is 0 Å². The Morgan fingerprint density at radius 3 is 2.44 bits per heavy atom. The molecule has 1 aliphatic rings. The van der Waals surface area contributed by atoms with E-state index in [-0.39, 0.29) is 23.9 Å². The number of hydrogen-bond acceptors (Lipinski definition) is 3. The zero-order valence-corrected chi connectivity index (χ0v) is 15.9. The number of nitrogens with zero attached hydrogens (tertiary/aromatic N) is 1. The SMILES string of the molecule is CC(C)NC(=O)c1ccc(OC[C@H]2CCCN2C(=O)c2ccccc2)cc1. The molecule has 1 N–H and O–H groups in total. The van der Waals surface area contributed by atoms with Gasteiger partial charge in [0.1, 0.15) is 12.4 Å². The van der Waals surface area contributed by atoms with Crippen LogP contribution in [0.4, 0.5) is 0 Å². The van der Waals surface area contributed by atoms with E-state index in [2.05, 4.69) is 5.32 Å². The Hall–Kier alpha value is -2.82. The van der Waals surface area contributed by atoms with E-state index in [1.54, 1.807) is 24.3 Å². The largest absolute Gasteiger partial charge is 0.491 e. The van der Waals surface area contributed by atoms with Crippen molar-refractivity contribution in [2.24, 2.45) is 0 Å². The fourth-order valence-electron chi connectivity index (χ4n) is 3.26. The van der Waals surface area contributed by atoms with Gasteiger partial charge in [-0.1, -0.05) is 18.2 Å². The molecule has 1 aliphatic heterocycles. The molecule has 1 saturated heterocycles. The van der Waals surface area contributed by atoms with Gasteiger partial charge in [0, 0.05) is 23.7 Å². The molecule has 142 valence electrons. The molecule has 0 spiro atoms. The number of likely N-dealkylation sites (tertiary alicyclic amines) is 1. The van der Waals surface area contributed by atoms with E-state index in [4.69, 9.17) is 4.74 Å². The van der Waals surface area contributed by atoms with E-state index in [9.17, 15) is 9.59 Å². The van der Waals surface area contributed by atoms with Gasteiger partial charge in [0.05, 0.1) is 6.04 Å². The summed E-state index contributed by atoms with van der Waals surface area (Å²) < 4.78 is 5.90. The highest BCUT2D eigenvalue weighted by atomic mass is 16.5. The normalized spacial score (nSPS) is 16.4. The number of nitrogens with one attached hydrogen (secondary N) is 1. The minimum Gasteiger partial charge on any atom is -0.491 e. The molecule has 0 bridgehead atoms. The van der Waals surface area contributed by atoms with Crippen LogP contribution in [-0.2, 0) is 0 Å². The van der Waals surface area contributed by atoms with E-state index < -0.39 is 0 Å². The first-order chi connectivity index (χ1) is 13.0. The highest BCUT2D eigenvalue weighted by Gasteiger charge is 2.29. The Morgan fingerprint density at radius 2 is 1.78 bits per heavy atom. The van der Waals surface area contributed by atoms with Crippen LogP contribution in [-0.4, -0.2) is 41.9 Å². The van der Waals surface area contributed by atoms with Crippen molar-refractivity contribution in [3.8, 4) is 5.75 Å². The zero-order chi connectivity index (χ0) is 19.2. The smallest absolute Gasteiger partial charge is 0.254 e. The van der Waals surface area contributed by atoms with Crippen molar-refractivity contribution < 1.29 is 14.3 Å². The van der Waals surface area contributed by atoms with Gasteiger partial charge >= 0.3 is 0 Å². The molecule has 1 atom stereocenters. The van der Waals surface area contributed by atoms with E-state index in [0.717, 1.165) is 19.4 Å². The Bertz CT molecular complexity index is 772. The Labute approximate surface area is 160 Å². The summed E-state index contributed by atoms with van der Waals surface area (Å²) in [7, 11) is 0. The molecule has 1 fully saturated rings. The van der Waals surface area contributed by atoms with Gasteiger partial charge in [0.2, 0.25) is 0 Å². The minimum atomic E-state index is -0.0908. The lowest BCUT2D eigenvalue weighted by atomic mass is 10.1. The molecule has 5 heteroatoms. The molecule has 1 heterocycles. The van der Waals surface area contributed by atoms with Crippen LogP contribution < -0.4 is 10.1 Å². The van der Waals surface area contributed by atoms with Gasteiger partial charge in [-0.15, -0.1) is 0 Å². The van der Waals surface area contributed by atoms with Crippen LogP contribution in [0.3, 0.4) is 0 Å². The monoisotopic (exact) mass is 366 g/mol. The average Bonchev–Trinajstić information content (AvgIpc) is 3.15. The van der Waals surface area contributed by atoms with E-state index in [1.807, 2.05) is 49.1 Å². The third-order valence-corrected chi connectivity index (χ3v) is 4.64. The fraction of sp³-hybridized carbons (Fsp3) is 0.364. The average molecular weight is 366 g/mol. The summed E-state index contributed by atoms with van der Waals surface area (Å²) in [6.07, 6.45) is 1.92. The minimum absolute atomic E-state index is 0.0578. The summed E-state index contributed by atoms with van der Waals surface area (Å²) >= 11 is 0. The molecule has 27 heavy (non-hydrogen) atoms. The molecule has 0 aromatic heterocycles. The number of amides is 2. The van der Waals surface area contributed by atoms with Crippen LogP contribution in [0.1, 0.15) is 47.4 Å². The van der Waals surface area contributed by atoms with Gasteiger partial charge in [-0.2, -0.15) is 0 Å². The van der Waals surface area contributed by atoms with Gasteiger partial charge in [-0.25, -0.2) is 0 Å². The third-order valence-electron chi connectivity index (χ3n) is 4.64. The highest BCUT2D eigenvalue weighted by molar-refractivity contribution is 5.95. The van der Waals surface area contributed by atoms with Crippen molar-refractivity contribution in [3.63, 3.8) is 0 Å². The molecule has 2 aromatic carbocycles. The first-order valence-corrected chi connectivity index (χ1v) is 9.44. The Morgan fingerprint density at radius 1 is 1.07 bits per heavy atom. The standard InChI is InChI=1S/C22H26N2O3/c1-16(2)23-21(25)17-10-12-20(13-11-17)27-15-19-9-6-14-24(19)22(26)18-7-4-3-5-8-18/h3-5,7-8,10-13,16,19H,6,9,14-15H2,1-2H3,(H,23,25)/t19-/m1/s1. The maximum absolute atomic E-state index is 12.7. The predicted octanol–water partition coefficient (Wildman–Crippen LogP) is 3.51. The first kappa shape index (κ1) is 19.0. The summed E-state index contributed by atoms with van der Waals surface area (Å²) in [4.78, 5) is 26.6. The molecule has 0 aliphatic carbocycles. The van der Waals surface area contributed by atoms with Crippen molar-refractivity contribution >= 4 is 11.8 Å². The number of carbonyl (C=O) groups is 2. The molecule has 2 aromatic rings. The molecule has 2 amide bonds. The molecule has 0 unspecified atom stereocenters. The topological polar surface area (TPSA) is 58.6 Å². The fourth-order valence-corrected chi connectivity index (χ4v) is 3.26. The highest BCUT2D eigenvalue weighted by Crippen LogP contribution is 2.22. The molecule has 5 nitrogen and oxygen atoms in total. The van der Waals surface area contributed by atoms with Crippen molar-refractivity contribution in [2.45, 2.75) is 38.8 Å². The third kappa shape index (κ3) is 4.88. The Balaban J connectivity index is 1.57. The van der Waals surface area contributed by atoms with Crippen molar-refractivity contribution in [2.75, 3.05) is 13.2 Å². The maximum atomic E-state index is 12.7. The van der Waals surface area contributed by atoms with Crippen molar-refractivity contribution in [1.29, 1.82) is 0 Å². The lowest BCUT2D eigenvalue weighted by Gasteiger charge is -2.25. The van der Waals surface area contributed by atoms with Gasteiger partial charge in [0.15, 0.2) is 0 Å². The van der Waals surface area contributed by atoms with Gasteiger partial charge in [0.25, 0.3) is 11.8 Å². The predicted molar refractivity (Wildman–Crippen MR) is 105 cm³/mol. The van der Waals surface area contributed by atoms with E-state index in [0.29, 0.717) is 23.5 Å². The first-order valence-electron chi connectivity index (χ1n) is 9.44. The Kier molecular flexibility index (Phi) is 6.12. The summed E-state index contributed by atoms with van der Waals surface area (Å²) in [6, 6.07) is 16.7. The lowest BCUT2D eigenvalue weighted by molar-refractivity contribution is 0.0691. The second-order valence-electron chi connectivity index (χ2n) is 7.12.